The Bertz CT molecular complexity index is 1720. The van der Waals surface area contributed by atoms with Crippen molar-refractivity contribution in [2.24, 2.45) is 0 Å². The largest absolute Gasteiger partial charge is 0.494 e. The molecule has 0 heterocycles. The van der Waals surface area contributed by atoms with Crippen LogP contribution >= 0.6 is 0 Å². The van der Waals surface area contributed by atoms with Crippen LogP contribution in [0, 0.1) is 12.7 Å². The van der Waals surface area contributed by atoms with Gasteiger partial charge < -0.3 is 15.0 Å². The molecule has 1 atom stereocenters. The molecule has 0 aliphatic rings. The second kappa shape index (κ2) is 16.7. The van der Waals surface area contributed by atoms with Gasteiger partial charge in [-0.2, -0.15) is 0 Å². The van der Waals surface area contributed by atoms with Gasteiger partial charge in [0.05, 0.1) is 17.2 Å². The van der Waals surface area contributed by atoms with Crippen molar-refractivity contribution in [3.63, 3.8) is 0 Å². The number of nitrogens with one attached hydrogen (secondary N) is 1. The first kappa shape index (κ1) is 35.2. The molecule has 0 aliphatic heterocycles. The lowest BCUT2D eigenvalue weighted by Crippen LogP contribution is -2.53. The first-order chi connectivity index (χ1) is 22.6. The first-order valence-corrected chi connectivity index (χ1v) is 17.2. The van der Waals surface area contributed by atoms with E-state index in [0.29, 0.717) is 18.9 Å². The molecule has 0 saturated heterocycles. The quantitative estimate of drug-likeness (QED) is 0.143. The fraction of sp³-hybridized carbons (Fsp3) is 0.297. The van der Waals surface area contributed by atoms with Crippen molar-refractivity contribution >= 4 is 27.5 Å². The molecule has 0 radical (unpaired) electrons. The highest BCUT2D eigenvalue weighted by Gasteiger charge is 2.34. The van der Waals surface area contributed by atoms with Crippen molar-refractivity contribution in [1.29, 1.82) is 0 Å². The number of nitrogens with zero attached hydrogens (tertiary/aromatic N) is 2. The summed E-state index contributed by atoms with van der Waals surface area (Å²) in [6.45, 7) is 6.09. The number of unbranched alkanes of at least 4 members (excludes halogenated alkanes) is 1. The summed E-state index contributed by atoms with van der Waals surface area (Å²) < 4.78 is 48.7. The Labute approximate surface area is 277 Å². The van der Waals surface area contributed by atoms with E-state index < -0.39 is 34.3 Å². The Balaban J connectivity index is 1.78. The number of halogens is 1. The number of carbonyl (C=O) groups is 2. The average molecular weight is 660 g/mol. The molecule has 4 rings (SSSR count). The molecule has 0 saturated carbocycles. The predicted octanol–water partition coefficient (Wildman–Crippen LogP) is 6.28. The zero-order chi connectivity index (χ0) is 33.8. The highest BCUT2D eigenvalue weighted by molar-refractivity contribution is 7.92. The Morgan fingerprint density at radius 1 is 0.872 bits per heavy atom. The van der Waals surface area contributed by atoms with Crippen LogP contribution in [0.3, 0.4) is 0 Å². The lowest BCUT2D eigenvalue weighted by molar-refractivity contribution is -0.140. The molecule has 0 spiro atoms. The molecule has 0 aliphatic carbocycles. The van der Waals surface area contributed by atoms with Crippen LogP contribution in [0.4, 0.5) is 10.1 Å². The standard InChI is InChI=1S/C37H42FN3O5S/c1-4-6-23-39-37(43)35(25-29-12-8-7-9-13-29)40(26-30-14-10-11-28(3)24-30)36(42)27-41(32-17-15-31(38)16-18-32)47(44,45)34-21-19-33(20-22-34)46-5-2/h7-22,24,35H,4-6,23,25-27H2,1-3H3,(H,39,43)/t35-/m1/s1. The Morgan fingerprint density at radius 3 is 2.19 bits per heavy atom. The number of ether oxygens (including phenoxy) is 1. The minimum atomic E-state index is -4.32. The van der Waals surface area contributed by atoms with Crippen LogP contribution in [0.25, 0.3) is 0 Å². The van der Waals surface area contributed by atoms with Crippen molar-refractivity contribution in [3.05, 3.63) is 126 Å². The van der Waals surface area contributed by atoms with Crippen molar-refractivity contribution in [2.45, 2.75) is 57.5 Å². The number of rotatable bonds is 16. The summed E-state index contributed by atoms with van der Waals surface area (Å²) in [6.07, 6.45) is 1.87. The van der Waals surface area contributed by atoms with Gasteiger partial charge in [-0.1, -0.05) is 73.5 Å². The van der Waals surface area contributed by atoms with Crippen LogP contribution in [0.2, 0.25) is 0 Å². The van der Waals surface area contributed by atoms with Crippen LogP contribution in [0.5, 0.6) is 5.75 Å². The zero-order valence-electron chi connectivity index (χ0n) is 27.1. The fourth-order valence-electron chi connectivity index (χ4n) is 5.21. The van der Waals surface area contributed by atoms with E-state index in [2.05, 4.69) is 5.32 Å². The molecule has 8 nitrogen and oxygen atoms in total. The minimum absolute atomic E-state index is 0.0681. The van der Waals surface area contributed by atoms with Crippen LogP contribution in [-0.2, 0) is 32.6 Å². The van der Waals surface area contributed by atoms with E-state index in [1.54, 1.807) is 12.1 Å². The molecule has 1 N–H and O–H groups in total. The number of carbonyl (C=O) groups excluding carboxylic acids is 2. The fourth-order valence-corrected chi connectivity index (χ4v) is 6.62. The summed E-state index contributed by atoms with van der Waals surface area (Å²) >= 11 is 0. The first-order valence-electron chi connectivity index (χ1n) is 15.8. The number of benzene rings is 4. The van der Waals surface area contributed by atoms with Gasteiger partial charge in [-0.25, -0.2) is 12.8 Å². The summed E-state index contributed by atoms with van der Waals surface area (Å²) in [7, 11) is -4.32. The van der Waals surface area contributed by atoms with Gasteiger partial charge in [0.1, 0.15) is 24.2 Å². The predicted molar refractivity (Wildman–Crippen MR) is 182 cm³/mol. The highest BCUT2D eigenvalue weighted by Crippen LogP contribution is 2.27. The van der Waals surface area contributed by atoms with E-state index in [-0.39, 0.29) is 29.5 Å². The number of hydrogen-bond donors (Lipinski definition) is 1. The van der Waals surface area contributed by atoms with Crippen LogP contribution in [0.1, 0.15) is 43.4 Å². The van der Waals surface area contributed by atoms with E-state index in [0.717, 1.165) is 46.0 Å². The molecule has 2 amide bonds. The molecule has 0 aromatic heterocycles. The Hall–Kier alpha value is -4.70. The molecular weight excluding hydrogens is 617 g/mol. The lowest BCUT2D eigenvalue weighted by atomic mass is 10.0. The highest BCUT2D eigenvalue weighted by atomic mass is 32.2. The molecule has 0 bridgehead atoms. The number of anilines is 1. The van der Waals surface area contributed by atoms with Gasteiger partial charge in [-0.05, 0) is 79.9 Å². The zero-order valence-corrected chi connectivity index (χ0v) is 27.9. The maximum Gasteiger partial charge on any atom is 0.264 e. The summed E-state index contributed by atoms with van der Waals surface area (Å²) in [4.78, 5) is 29.7. The smallest absolute Gasteiger partial charge is 0.264 e. The van der Waals surface area contributed by atoms with E-state index in [1.807, 2.05) is 75.4 Å². The normalized spacial score (nSPS) is 11.8. The number of aryl methyl sites for hydroxylation is 1. The van der Waals surface area contributed by atoms with Crippen LogP contribution in [0.15, 0.2) is 108 Å². The van der Waals surface area contributed by atoms with Gasteiger partial charge in [-0.15, -0.1) is 0 Å². The second-order valence-corrected chi connectivity index (χ2v) is 13.1. The molecule has 0 fully saturated rings. The van der Waals surface area contributed by atoms with Gasteiger partial charge in [-0.3, -0.25) is 13.9 Å². The third kappa shape index (κ3) is 9.65. The van der Waals surface area contributed by atoms with Gasteiger partial charge in [0.2, 0.25) is 11.8 Å². The van der Waals surface area contributed by atoms with Gasteiger partial charge in [0.15, 0.2) is 0 Å². The van der Waals surface area contributed by atoms with Crippen molar-refractivity contribution < 1.29 is 27.1 Å². The van der Waals surface area contributed by atoms with Crippen LogP contribution < -0.4 is 14.4 Å². The Kier molecular flexibility index (Phi) is 12.5. The maximum atomic E-state index is 14.5. The van der Waals surface area contributed by atoms with Crippen LogP contribution in [-0.4, -0.2) is 50.9 Å². The lowest BCUT2D eigenvalue weighted by Gasteiger charge is -2.34. The summed E-state index contributed by atoms with van der Waals surface area (Å²) in [5.41, 5.74) is 2.73. The average Bonchev–Trinajstić information content (AvgIpc) is 3.06. The summed E-state index contributed by atoms with van der Waals surface area (Å²) in [5.74, 6) is -0.966. The summed E-state index contributed by atoms with van der Waals surface area (Å²) in [5, 5.41) is 2.98. The van der Waals surface area contributed by atoms with Crippen molar-refractivity contribution in [1.82, 2.24) is 10.2 Å². The molecule has 248 valence electrons. The minimum Gasteiger partial charge on any atom is -0.494 e. The molecule has 4 aromatic rings. The van der Waals surface area contributed by atoms with Crippen molar-refractivity contribution in [3.8, 4) is 5.75 Å². The molecule has 4 aromatic carbocycles. The molecule has 0 unspecified atom stereocenters. The number of sulfonamides is 1. The SMILES string of the molecule is CCCCNC(=O)[C@@H](Cc1ccccc1)N(Cc1cccc(C)c1)C(=O)CN(c1ccc(F)cc1)S(=O)(=O)c1ccc(OCC)cc1. The van der Waals surface area contributed by atoms with E-state index in [1.165, 1.54) is 29.2 Å². The molecule has 10 heteroatoms. The van der Waals surface area contributed by atoms with Gasteiger partial charge in [0.25, 0.3) is 10.0 Å². The van der Waals surface area contributed by atoms with E-state index in [9.17, 15) is 22.4 Å². The third-order valence-electron chi connectivity index (χ3n) is 7.65. The molecule has 47 heavy (non-hydrogen) atoms. The maximum absolute atomic E-state index is 14.5. The topological polar surface area (TPSA) is 96.0 Å². The third-order valence-corrected chi connectivity index (χ3v) is 9.44. The number of amides is 2. The molecular formula is C37H42FN3O5S. The summed E-state index contributed by atoms with van der Waals surface area (Å²) in [6, 6.07) is 26.9. The van der Waals surface area contributed by atoms with Crippen molar-refractivity contribution in [2.75, 3.05) is 24.0 Å². The van der Waals surface area contributed by atoms with E-state index >= 15 is 0 Å². The van der Waals surface area contributed by atoms with Gasteiger partial charge in [0, 0.05) is 19.5 Å². The monoisotopic (exact) mass is 659 g/mol. The Morgan fingerprint density at radius 2 is 1.55 bits per heavy atom. The second-order valence-electron chi connectivity index (χ2n) is 11.3. The van der Waals surface area contributed by atoms with Gasteiger partial charge >= 0.3 is 0 Å². The number of hydrogen-bond acceptors (Lipinski definition) is 5. The van der Waals surface area contributed by atoms with E-state index in [4.69, 9.17) is 4.74 Å².